The molecule has 3 unspecified atom stereocenters. The smallest absolute Gasteiger partial charge is 0.0357 e. The summed E-state index contributed by atoms with van der Waals surface area (Å²) in [6.45, 7) is 5.80. The van der Waals surface area contributed by atoms with Crippen LogP contribution in [0.2, 0.25) is 0 Å². The van der Waals surface area contributed by atoms with Gasteiger partial charge in [0.25, 0.3) is 0 Å². The fourth-order valence-electron chi connectivity index (χ4n) is 3.98. The minimum absolute atomic E-state index is 0.508. The molecule has 0 aliphatic heterocycles. The molecule has 0 spiro atoms. The van der Waals surface area contributed by atoms with Crippen molar-refractivity contribution in [3.8, 4) is 0 Å². The molecule has 0 amide bonds. The van der Waals surface area contributed by atoms with Gasteiger partial charge in [-0.1, -0.05) is 69.2 Å². The molecule has 1 heteroatoms. The van der Waals surface area contributed by atoms with Crippen LogP contribution in [0.4, 0.5) is 0 Å². The highest BCUT2D eigenvalue weighted by Crippen LogP contribution is 2.41. The third-order valence-corrected chi connectivity index (χ3v) is 5.13. The predicted octanol–water partition coefficient (Wildman–Crippen LogP) is 5.32. The second kappa shape index (κ2) is 6.62. The third-order valence-electron chi connectivity index (χ3n) is 5.13. The molecule has 0 saturated heterocycles. The molecule has 1 aliphatic rings. The van der Waals surface area contributed by atoms with Gasteiger partial charge in [-0.25, -0.2) is 0 Å². The number of hydrogen-bond acceptors (Lipinski definition) is 1. The van der Waals surface area contributed by atoms with E-state index in [1.54, 1.807) is 0 Å². The van der Waals surface area contributed by atoms with Gasteiger partial charge in [-0.15, -0.1) is 0 Å². The summed E-state index contributed by atoms with van der Waals surface area (Å²) >= 11 is 0. The lowest BCUT2D eigenvalue weighted by Crippen LogP contribution is -2.30. The van der Waals surface area contributed by atoms with Crippen molar-refractivity contribution in [2.24, 2.45) is 11.8 Å². The van der Waals surface area contributed by atoms with Crippen LogP contribution in [0.3, 0.4) is 0 Å². The van der Waals surface area contributed by atoms with Crippen molar-refractivity contribution in [2.75, 3.05) is 6.54 Å². The maximum absolute atomic E-state index is 3.85. The summed E-state index contributed by atoms with van der Waals surface area (Å²) in [6.07, 6.45) is 5.34. The van der Waals surface area contributed by atoms with E-state index in [9.17, 15) is 0 Å². The van der Waals surface area contributed by atoms with Gasteiger partial charge in [0.2, 0.25) is 0 Å². The van der Waals surface area contributed by atoms with Crippen LogP contribution in [0, 0.1) is 11.8 Å². The van der Waals surface area contributed by atoms with Crippen LogP contribution in [0.15, 0.2) is 42.5 Å². The Balaban J connectivity index is 2.01. The molecule has 112 valence electrons. The van der Waals surface area contributed by atoms with E-state index in [1.165, 1.54) is 42.0 Å². The molecule has 3 atom stereocenters. The molecule has 0 aromatic heterocycles. The number of benzene rings is 2. The van der Waals surface area contributed by atoms with Gasteiger partial charge in [0.1, 0.15) is 0 Å². The molecular weight excluding hydrogens is 254 g/mol. The molecule has 1 saturated carbocycles. The third kappa shape index (κ3) is 2.98. The normalized spacial score (nSPS) is 23.5. The fraction of sp³-hybridized carbons (Fsp3) is 0.500. The molecule has 0 heterocycles. The molecular formula is C20H27N. The Morgan fingerprint density at radius 3 is 2.67 bits per heavy atom. The predicted molar refractivity (Wildman–Crippen MR) is 91.5 cm³/mol. The van der Waals surface area contributed by atoms with Gasteiger partial charge < -0.3 is 5.32 Å². The lowest BCUT2D eigenvalue weighted by Gasteiger charge is -2.29. The lowest BCUT2D eigenvalue weighted by molar-refractivity contribution is 0.303. The van der Waals surface area contributed by atoms with Crippen molar-refractivity contribution in [3.05, 3.63) is 48.0 Å². The molecule has 1 aliphatic carbocycles. The van der Waals surface area contributed by atoms with Crippen LogP contribution in [0.5, 0.6) is 0 Å². The number of rotatable bonds is 5. The van der Waals surface area contributed by atoms with E-state index in [0.29, 0.717) is 6.04 Å². The highest BCUT2D eigenvalue weighted by atomic mass is 14.9. The molecule has 1 fully saturated rings. The zero-order valence-corrected chi connectivity index (χ0v) is 13.3. The summed E-state index contributed by atoms with van der Waals surface area (Å²) in [7, 11) is 0. The van der Waals surface area contributed by atoms with E-state index < -0.39 is 0 Å². The fourth-order valence-corrected chi connectivity index (χ4v) is 3.98. The van der Waals surface area contributed by atoms with E-state index in [0.717, 1.165) is 18.4 Å². The molecule has 1 nitrogen and oxygen atoms in total. The minimum atomic E-state index is 0.508. The second-order valence-electron chi connectivity index (χ2n) is 6.57. The Morgan fingerprint density at radius 2 is 1.90 bits per heavy atom. The quantitative estimate of drug-likeness (QED) is 0.782. The van der Waals surface area contributed by atoms with Crippen molar-refractivity contribution in [2.45, 2.75) is 45.6 Å². The number of nitrogens with one attached hydrogen (secondary N) is 1. The maximum atomic E-state index is 3.85. The van der Waals surface area contributed by atoms with Crippen LogP contribution in [-0.4, -0.2) is 6.54 Å². The molecule has 3 rings (SSSR count). The largest absolute Gasteiger partial charge is 0.310 e. The minimum Gasteiger partial charge on any atom is -0.310 e. The van der Waals surface area contributed by atoms with Gasteiger partial charge in [-0.2, -0.15) is 0 Å². The van der Waals surface area contributed by atoms with Crippen LogP contribution >= 0.6 is 0 Å². The topological polar surface area (TPSA) is 12.0 Å². The zero-order valence-electron chi connectivity index (χ0n) is 13.3. The van der Waals surface area contributed by atoms with Crippen molar-refractivity contribution < 1.29 is 0 Å². The zero-order chi connectivity index (χ0) is 14.7. The van der Waals surface area contributed by atoms with E-state index >= 15 is 0 Å². The van der Waals surface area contributed by atoms with Crippen LogP contribution in [0.25, 0.3) is 10.8 Å². The Bertz CT molecular complexity index is 584. The van der Waals surface area contributed by atoms with Crippen LogP contribution in [-0.2, 0) is 0 Å². The summed E-state index contributed by atoms with van der Waals surface area (Å²) in [5.74, 6) is 1.61. The van der Waals surface area contributed by atoms with Crippen LogP contribution in [0.1, 0.15) is 51.1 Å². The first kappa shape index (κ1) is 14.6. The highest BCUT2D eigenvalue weighted by Gasteiger charge is 2.32. The van der Waals surface area contributed by atoms with Crippen molar-refractivity contribution >= 4 is 10.8 Å². The van der Waals surface area contributed by atoms with E-state index in [2.05, 4.69) is 61.6 Å². The summed E-state index contributed by atoms with van der Waals surface area (Å²) < 4.78 is 0. The summed E-state index contributed by atoms with van der Waals surface area (Å²) in [5.41, 5.74) is 1.50. The Morgan fingerprint density at radius 1 is 1.10 bits per heavy atom. The lowest BCUT2D eigenvalue weighted by atomic mass is 9.84. The van der Waals surface area contributed by atoms with Gasteiger partial charge in [0, 0.05) is 6.04 Å². The summed E-state index contributed by atoms with van der Waals surface area (Å²) in [5, 5.41) is 6.64. The Labute approximate surface area is 128 Å². The van der Waals surface area contributed by atoms with Gasteiger partial charge in [0.05, 0.1) is 0 Å². The van der Waals surface area contributed by atoms with Crippen LogP contribution < -0.4 is 5.32 Å². The molecule has 21 heavy (non-hydrogen) atoms. The van der Waals surface area contributed by atoms with Gasteiger partial charge in [0.15, 0.2) is 0 Å². The van der Waals surface area contributed by atoms with Crippen molar-refractivity contribution in [1.29, 1.82) is 0 Å². The molecule has 2 aromatic carbocycles. The van der Waals surface area contributed by atoms with Gasteiger partial charge >= 0.3 is 0 Å². The molecule has 2 aromatic rings. The van der Waals surface area contributed by atoms with Crippen molar-refractivity contribution in [3.63, 3.8) is 0 Å². The highest BCUT2D eigenvalue weighted by molar-refractivity contribution is 5.86. The summed E-state index contributed by atoms with van der Waals surface area (Å²) in [4.78, 5) is 0. The average molecular weight is 281 g/mol. The Kier molecular flexibility index (Phi) is 4.60. The molecule has 0 bridgehead atoms. The Hall–Kier alpha value is -1.34. The monoisotopic (exact) mass is 281 g/mol. The van der Waals surface area contributed by atoms with Crippen molar-refractivity contribution in [1.82, 2.24) is 5.32 Å². The maximum Gasteiger partial charge on any atom is 0.0357 e. The number of fused-ring (bicyclic) bond motifs is 1. The second-order valence-corrected chi connectivity index (χ2v) is 6.57. The summed E-state index contributed by atoms with van der Waals surface area (Å²) in [6, 6.07) is 16.1. The van der Waals surface area contributed by atoms with Gasteiger partial charge in [-0.05, 0) is 47.6 Å². The van der Waals surface area contributed by atoms with E-state index in [4.69, 9.17) is 0 Å². The van der Waals surface area contributed by atoms with E-state index in [-0.39, 0.29) is 0 Å². The standard InChI is InChI=1S/C20H27N/c1-3-14-21-20(17-12-6-8-15(17)2)19-13-7-10-16-9-4-5-11-18(16)19/h4-5,7,9-11,13,15,17,20-21H,3,6,8,12,14H2,1-2H3. The van der Waals surface area contributed by atoms with E-state index in [1.807, 2.05) is 0 Å². The molecule has 1 N–H and O–H groups in total. The first-order valence-electron chi connectivity index (χ1n) is 8.52. The first-order chi connectivity index (χ1) is 10.3. The number of hydrogen-bond donors (Lipinski definition) is 1. The van der Waals surface area contributed by atoms with Gasteiger partial charge in [-0.3, -0.25) is 0 Å². The molecule has 0 radical (unpaired) electrons. The average Bonchev–Trinajstić information content (AvgIpc) is 2.94. The SMILES string of the molecule is CCCNC(c1cccc2ccccc12)C1CCCC1C. The first-order valence-corrected chi connectivity index (χ1v) is 8.52.